The van der Waals surface area contributed by atoms with Gasteiger partial charge in [-0.3, -0.25) is 14.7 Å². The number of imidazole rings is 1. The van der Waals surface area contributed by atoms with Crippen LogP contribution in [0.2, 0.25) is 5.02 Å². The van der Waals surface area contributed by atoms with Gasteiger partial charge in [0.25, 0.3) is 0 Å². The first-order valence-corrected chi connectivity index (χ1v) is 16.8. The van der Waals surface area contributed by atoms with Crippen molar-refractivity contribution < 1.29 is 14.3 Å². The highest BCUT2D eigenvalue weighted by molar-refractivity contribution is 6.30. The first-order valence-electron chi connectivity index (χ1n) is 16.4. The maximum Gasteiger partial charge on any atom is 0.410 e. The Balaban J connectivity index is 1.39. The molecular formula is C37H43ClN6O3. The molecule has 1 unspecified atom stereocenters. The highest BCUT2D eigenvalue weighted by Gasteiger charge is 2.43. The molecule has 1 aliphatic carbocycles. The van der Waals surface area contributed by atoms with Crippen molar-refractivity contribution in [1.82, 2.24) is 29.2 Å². The molecule has 2 aromatic heterocycles. The van der Waals surface area contributed by atoms with Crippen LogP contribution in [-0.2, 0) is 35.5 Å². The number of benzene rings is 2. The minimum Gasteiger partial charge on any atom is -0.444 e. The van der Waals surface area contributed by atoms with Gasteiger partial charge in [0.2, 0.25) is 5.91 Å². The van der Waals surface area contributed by atoms with E-state index in [-0.39, 0.29) is 18.5 Å². The van der Waals surface area contributed by atoms with Gasteiger partial charge in [-0.2, -0.15) is 0 Å². The predicted octanol–water partition coefficient (Wildman–Crippen LogP) is 6.16. The quantitative estimate of drug-likeness (QED) is 0.226. The van der Waals surface area contributed by atoms with Crippen LogP contribution in [-0.4, -0.2) is 79.1 Å². The topological polar surface area (TPSA) is 83.8 Å². The van der Waals surface area contributed by atoms with Gasteiger partial charge in [0.15, 0.2) is 0 Å². The number of ether oxygens (including phenoxy) is 1. The summed E-state index contributed by atoms with van der Waals surface area (Å²) >= 11 is 6.51. The summed E-state index contributed by atoms with van der Waals surface area (Å²) in [7, 11) is 0. The molecule has 9 nitrogen and oxygen atoms in total. The van der Waals surface area contributed by atoms with E-state index in [2.05, 4.69) is 22.0 Å². The van der Waals surface area contributed by atoms with E-state index >= 15 is 4.79 Å². The molecule has 246 valence electrons. The van der Waals surface area contributed by atoms with Gasteiger partial charge in [-0.15, -0.1) is 0 Å². The third-order valence-electron chi connectivity index (χ3n) is 8.87. The number of nitrogens with zero attached hydrogens (tertiary/aromatic N) is 6. The van der Waals surface area contributed by atoms with Crippen molar-refractivity contribution in [3.63, 3.8) is 0 Å². The van der Waals surface area contributed by atoms with Gasteiger partial charge in [0.1, 0.15) is 11.6 Å². The van der Waals surface area contributed by atoms with Gasteiger partial charge in [-0.25, -0.2) is 9.78 Å². The molecule has 2 aliphatic rings. The minimum absolute atomic E-state index is 0.0232. The van der Waals surface area contributed by atoms with E-state index < -0.39 is 17.7 Å². The van der Waals surface area contributed by atoms with Crippen LogP contribution in [0.3, 0.4) is 0 Å². The number of fused-ring (bicyclic) bond motifs is 2. The maximum absolute atomic E-state index is 15.0. The van der Waals surface area contributed by atoms with Crippen LogP contribution in [0.1, 0.15) is 61.2 Å². The summed E-state index contributed by atoms with van der Waals surface area (Å²) in [6.45, 7) is 8.46. The van der Waals surface area contributed by atoms with E-state index in [1.54, 1.807) is 17.4 Å². The van der Waals surface area contributed by atoms with E-state index in [0.717, 1.165) is 53.8 Å². The first-order chi connectivity index (χ1) is 22.7. The molecule has 2 atom stereocenters. The second-order valence-corrected chi connectivity index (χ2v) is 13.8. The van der Waals surface area contributed by atoms with Crippen LogP contribution >= 0.6 is 11.6 Å². The number of carbonyl (C=O) groups is 2. The molecule has 2 aromatic carbocycles. The lowest BCUT2D eigenvalue weighted by Gasteiger charge is -2.46. The summed E-state index contributed by atoms with van der Waals surface area (Å²) in [5, 5.41) is 0.690. The van der Waals surface area contributed by atoms with E-state index in [0.29, 0.717) is 31.2 Å². The monoisotopic (exact) mass is 654 g/mol. The Morgan fingerprint density at radius 1 is 1.00 bits per heavy atom. The van der Waals surface area contributed by atoms with Crippen LogP contribution in [0.4, 0.5) is 4.79 Å². The van der Waals surface area contributed by atoms with E-state index in [4.69, 9.17) is 21.3 Å². The number of hydrogen-bond acceptors (Lipinski definition) is 6. The SMILES string of the molecule is CC(C)(C)OC(=O)N1CCN(C2c3ccc(Cl)cc3CCc3cccnc32)[C@@H](C(=O)N(CCCn2ccnc2)Cc2ccccc2)C1. The number of piperazine rings is 1. The van der Waals surface area contributed by atoms with E-state index in [1.165, 1.54) is 0 Å². The van der Waals surface area contributed by atoms with Crippen LogP contribution in [0.5, 0.6) is 0 Å². The van der Waals surface area contributed by atoms with Crippen molar-refractivity contribution in [2.45, 2.75) is 70.8 Å². The lowest BCUT2D eigenvalue weighted by molar-refractivity contribution is -0.141. The van der Waals surface area contributed by atoms with Crippen molar-refractivity contribution in [2.24, 2.45) is 0 Å². The molecule has 0 radical (unpaired) electrons. The molecule has 4 aromatic rings. The zero-order valence-electron chi connectivity index (χ0n) is 27.4. The largest absolute Gasteiger partial charge is 0.444 e. The van der Waals surface area contributed by atoms with Crippen molar-refractivity contribution in [3.05, 3.63) is 119 Å². The van der Waals surface area contributed by atoms with Gasteiger partial charge in [0.05, 0.1) is 18.1 Å². The van der Waals surface area contributed by atoms with Gasteiger partial charge >= 0.3 is 6.09 Å². The molecule has 10 heteroatoms. The molecule has 0 spiro atoms. The molecule has 0 bridgehead atoms. The number of amides is 2. The summed E-state index contributed by atoms with van der Waals surface area (Å²) in [5.74, 6) is -0.0232. The molecule has 47 heavy (non-hydrogen) atoms. The average Bonchev–Trinajstić information content (AvgIpc) is 3.52. The average molecular weight is 655 g/mol. The summed E-state index contributed by atoms with van der Waals surface area (Å²) in [5.41, 5.74) is 4.77. The van der Waals surface area contributed by atoms with Gasteiger partial charge < -0.3 is 19.1 Å². The van der Waals surface area contributed by atoms with Crippen LogP contribution in [0, 0.1) is 0 Å². The molecule has 6 rings (SSSR count). The maximum atomic E-state index is 15.0. The molecule has 0 saturated carbocycles. The number of halogens is 1. The van der Waals surface area contributed by atoms with Crippen LogP contribution in [0.15, 0.2) is 85.6 Å². The van der Waals surface area contributed by atoms with Crippen molar-refractivity contribution >= 4 is 23.6 Å². The first kappa shape index (κ1) is 32.7. The highest BCUT2D eigenvalue weighted by Crippen LogP contribution is 2.39. The Hall–Kier alpha value is -4.21. The lowest BCUT2D eigenvalue weighted by Crippen LogP contribution is -2.61. The summed E-state index contributed by atoms with van der Waals surface area (Å²) in [6.07, 6.45) is 9.34. The molecule has 3 heterocycles. The molecule has 1 fully saturated rings. The third kappa shape index (κ3) is 7.85. The van der Waals surface area contributed by atoms with Crippen molar-refractivity contribution in [1.29, 1.82) is 0 Å². The van der Waals surface area contributed by atoms with Crippen LogP contribution in [0.25, 0.3) is 0 Å². The molecule has 1 saturated heterocycles. The van der Waals surface area contributed by atoms with E-state index in [9.17, 15) is 4.79 Å². The number of aromatic nitrogens is 3. The predicted molar refractivity (Wildman–Crippen MR) is 182 cm³/mol. The second-order valence-electron chi connectivity index (χ2n) is 13.4. The number of pyridine rings is 1. The fourth-order valence-corrected chi connectivity index (χ4v) is 6.88. The normalized spacial score (nSPS) is 18.2. The van der Waals surface area contributed by atoms with Gasteiger partial charge in [0, 0.05) is 62.9 Å². The smallest absolute Gasteiger partial charge is 0.410 e. The number of hydrogen-bond donors (Lipinski definition) is 0. The summed E-state index contributed by atoms with van der Waals surface area (Å²) < 4.78 is 7.83. The second kappa shape index (κ2) is 14.3. The molecule has 2 amide bonds. The summed E-state index contributed by atoms with van der Waals surface area (Å²) in [6, 6.07) is 19.3. The Morgan fingerprint density at radius 3 is 2.57 bits per heavy atom. The number of rotatable bonds is 8. The Kier molecular flexibility index (Phi) is 9.94. The fourth-order valence-electron chi connectivity index (χ4n) is 6.68. The zero-order valence-corrected chi connectivity index (χ0v) is 28.1. The lowest BCUT2D eigenvalue weighted by atomic mass is 9.94. The van der Waals surface area contributed by atoms with Crippen molar-refractivity contribution in [3.8, 4) is 0 Å². The highest BCUT2D eigenvalue weighted by atomic mass is 35.5. The number of aryl methyl sites for hydroxylation is 3. The molecular weight excluding hydrogens is 612 g/mol. The van der Waals surface area contributed by atoms with Gasteiger partial charge in [-0.05, 0) is 80.5 Å². The number of carbonyl (C=O) groups excluding carboxylic acids is 2. The Bertz CT molecular complexity index is 1670. The van der Waals surface area contributed by atoms with Crippen LogP contribution < -0.4 is 0 Å². The Morgan fingerprint density at radius 2 is 1.81 bits per heavy atom. The Labute approximate surface area is 282 Å². The van der Waals surface area contributed by atoms with Crippen molar-refractivity contribution in [2.75, 3.05) is 26.2 Å². The summed E-state index contributed by atoms with van der Waals surface area (Å²) in [4.78, 5) is 43.5. The van der Waals surface area contributed by atoms with E-state index in [1.807, 2.05) is 91.2 Å². The standard InChI is InChI=1S/C37H43ClN6O3/c1-37(2,3)47-36(46)43-21-22-44(34-31-15-14-30(38)23-29(31)13-12-28-11-7-16-40-33(28)34)32(25-43)35(45)42(24-27-9-5-4-6-10-27)19-8-18-41-20-17-39-26-41/h4-7,9-11,14-17,20,23,26,32,34H,8,12-13,18-19,21-22,24-25H2,1-3H3/t32-,34?/m1/s1. The molecule has 1 aliphatic heterocycles. The fraction of sp³-hybridized carbons (Fsp3) is 0.405. The third-order valence-corrected chi connectivity index (χ3v) is 9.11. The minimum atomic E-state index is -0.650. The molecule has 0 N–H and O–H groups in total. The van der Waals surface area contributed by atoms with Gasteiger partial charge in [-0.1, -0.05) is 54.1 Å². The zero-order chi connectivity index (χ0) is 33.0.